The average Bonchev–Trinajstić information content (AvgIpc) is 2.64. The molecule has 2 rings (SSSR count). The van der Waals surface area contributed by atoms with E-state index in [0.717, 1.165) is 41.7 Å². The summed E-state index contributed by atoms with van der Waals surface area (Å²) in [7, 11) is 1.63. The van der Waals surface area contributed by atoms with Crippen molar-refractivity contribution in [2.75, 3.05) is 20.3 Å². The van der Waals surface area contributed by atoms with Gasteiger partial charge in [-0.25, -0.2) is 0 Å². The van der Waals surface area contributed by atoms with Crippen LogP contribution in [0.5, 0.6) is 11.5 Å². The summed E-state index contributed by atoms with van der Waals surface area (Å²) in [6.45, 7) is 6.78. The molecule has 0 amide bonds. The Kier molecular flexibility index (Phi) is 9.89. The average molecular weight is 491 g/mol. The summed E-state index contributed by atoms with van der Waals surface area (Å²) in [6, 6.07) is 9.24. The summed E-state index contributed by atoms with van der Waals surface area (Å²) in [4.78, 5) is 0. The van der Waals surface area contributed by atoms with Crippen molar-refractivity contribution in [3.05, 3.63) is 56.0 Å². The minimum atomic E-state index is 0.272. The van der Waals surface area contributed by atoms with E-state index in [9.17, 15) is 0 Å². The Morgan fingerprint density at radius 3 is 2.54 bits per heavy atom. The predicted octanol–water partition coefficient (Wildman–Crippen LogP) is 6.25. The molecule has 0 unspecified atom stereocenters. The number of nitrogens with one attached hydrogen (secondary N) is 1. The molecule has 1 N–H and O–H groups in total. The maximum absolute atomic E-state index is 6.21. The third kappa shape index (κ3) is 7.45. The van der Waals surface area contributed by atoms with Gasteiger partial charge in [-0.1, -0.05) is 45.2 Å². The molecule has 0 saturated heterocycles. The molecule has 2 aromatic carbocycles. The van der Waals surface area contributed by atoms with Crippen molar-refractivity contribution >= 4 is 39.1 Å². The lowest BCUT2D eigenvalue weighted by atomic mass is 10.2. The molecule has 28 heavy (non-hydrogen) atoms. The van der Waals surface area contributed by atoms with Crippen molar-refractivity contribution in [1.29, 1.82) is 0 Å². The molecule has 0 radical (unpaired) electrons. The van der Waals surface area contributed by atoms with Crippen molar-refractivity contribution in [1.82, 2.24) is 5.32 Å². The van der Waals surface area contributed by atoms with E-state index in [-0.39, 0.29) is 6.10 Å². The summed E-state index contributed by atoms with van der Waals surface area (Å²) in [5, 5.41) is 4.60. The van der Waals surface area contributed by atoms with Crippen molar-refractivity contribution in [2.45, 2.75) is 39.5 Å². The molecule has 0 spiro atoms. The summed E-state index contributed by atoms with van der Waals surface area (Å²) < 4.78 is 17.9. The number of halogens is 3. The van der Waals surface area contributed by atoms with Crippen LogP contribution in [0.15, 0.2) is 34.8 Å². The topological polar surface area (TPSA) is 39.7 Å². The van der Waals surface area contributed by atoms with Gasteiger partial charge in [0.15, 0.2) is 11.5 Å². The highest BCUT2D eigenvalue weighted by atomic mass is 79.9. The van der Waals surface area contributed by atoms with E-state index in [4.69, 9.17) is 37.4 Å². The lowest BCUT2D eigenvalue weighted by Crippen LogP contribution is -2.17. The van der Waals surface area contributed by atoms with Crippen molar-refractivity contribution in [3.8, 4) is 11.5 Å². The maximum atomic E-state index is 6.21. The third-order valence-electron chi connectivity index (χ3n) is 4.00. The second-order valence-electron chi connectivity index (χ2n) is 6.57. The molecule has 7 heteroatoms. The Morgan fingerprint density at radius 1 is 1.07 bits per heavy atom. The minimum absolute atomic E-state index is 0.272. The van der Waals surface area contributed by atoms with Crippen LogP contribution in [0.3, 0.4) is 0 Å². The van der Waals surface area contributed by atoms with Crippen molar-refractivity contribution in [2.24, 2.45) is 0 Å². The van der Waals surface area contributed by atoms with E-state index in [1.165, 1.54) is 0 Å². The highest BCUT2D eigenvalue weighted by Gasteiger charge is 2.11. The zero-order chi connectivity index (χ0) is 20.5. The van der Waals surface area contributed by atoms with Crippen LogP contribution < -0.4 is 14.8 Å². The van der Waals surface area contributed by atoms with Gasteiger partial charge in [-0.05, 0) is 56.6 Å². The minimum Gasteiger partial charge on any atom is -0.493 e. The van der Waals surface area contributed by atoms with E-state index in [2.05, 4.69) is 21.2 Å². The molecule has 2 aromatic rings. The third-order valence-corrected chi connectivity index (χ3v) is 5.32. The predicted molar refractivity (Wildman–Crippen MR) is 119 cm³/mol. The fourth-order valence-electron chi connectivity index (χ4n) is 2.52. The Hall–Kier alpha value is -0.980. The van der Waals surface area contributed by atoms with Gasteiger partial charge in [0.1, 0.15) is 6.61 Å². The van der Waals surface area contributed by atoms with Gasteiger partial charge in [0.05, 0.1) is 13.2 Å². The molecule has 0 bridgehead atoms. The van der Waals surface area contributed by atoms with E-state index >= 15 is 0 Å². The highest BCUT2D eigenvalue weighted by molar-refractivity contribution is 9.10. The van der Waals surface area contributed by atoms with Gasteiger partial charge in [0, 0.05) is 33.2 Å². The van der Waals surface area contributed by atoms with Gasteiger partial charge in [0.25, 0.3) is 0 Å². The van der Waals surface area contributed by atoms with Gasteiger partial charge in [-0.2, -0.15) is 0 Å². The van der Waals surface area contributed by atoms with E-state index in [0.29, 0.717) is 28.2 Å². The molecule has 4 nitrogen and oxygen atoms in total. The Bertz CT molecular complexity index is 772. The lowest BCUT2D eigenvalue weighted by Gasteiger charge is -2.15. The summed E-state index contributed by atoms with van der Waals surface area (Å²) in [5.74, 6) is 1.32. The SMILES string of the molecule is COc1cc(CNCCCOC(C)C)c(Br)cc1OCc1ccc(Cl)cc1Cl. The molecule has 154 valence electrons. The van der Waals surface area contributed by atoms with Crippen LogP contribution in [0.25, 0.3) is 0 Å². The van der Waals surface area contributed by atoms with Crippen molar-refractivity contribution in [3.63, 3.8) is 0 Å². The molecular weight excluding hydrogens is 465 g/mol. The van der Waals surface area contributed by atoms with Crippen LogP contribution >= 0.6 is 39.1 Å². The van der Waals surface area contributed by atoms with Gasteiger partial charge in [-0.3, -0.25) is 0 Å². The van der Waals surface area contributed by atoms with Crippen LogP contribution in [-0.4, -0.2) is 26.4 Å². The van der Waals surface area contributed by atoms with Crippen LogP contribution in [0.1, 0.15) is 31.4 Å². The number of benzene rings is 2. The zero-order valence-electron chi connectivity index (χ0n) is 16.4. The van der Waals surface area contributed by atoms with Crippen LogP contribution in [0, 0.1) is 0 Å². The quantitative estimate of drug-likeness (QED) is 0.378. The van der Waals surface area contributed by atoms with Gasteiger partial charge >= 0.3 is 0 Å². The molecule has 0 aromatic heterocycles. The number of methoxy groups -OCH3 is 1. The molecule has 0 aliphatic rings. The van der Waals surface area contributed by atoms with Crippen molar-refractivity contribution < 1.29 is 14.2 Å². The summed E-state index contributed by atoms with van der Waals surface area (Å²) in [5.41, 5.74) is 1.96. The summed E-state index contributed by atoms with van der Waals surface area (Å²) in [6.07, 6.45) is 1.24. The molecule has 0 aliphatic heterocycles. The first-order valence-corrected chi connectivity index (χ1v) is 10.7. The smallest absolute Gasteiger partial charge is 0.162 e. The molecule has 0 fully saturated rings. The van der Waals surface area contributed by atoms with E-state index in [1.807, 2.05) is 32.0 Å². The fourth-order valence-corrected chi connectivity index (χ4v) is 3.44. The van der Waals surface area contributed by atoms with Crippen LogP contribution in [-0.2, 0) is 17.9 Å². The van der Waals surface area contributed by atoms with Gasteiger partial charge < -0.3 is 19.5 Å². The largest absolute Gasteiger partial charge is 0.493 e. The Morgan fingerprint density at radius 2 is 1.86 bits per heavy atom. The lowest BCUT2D eigenvalue weighted by molar-refractivity contribution is 0.0770. The van der Waals surface area contributed by atoms with Crippen LogP contribution in [0.2, 0.25) is 10.0 Å². The first-order valence-electron chi connectivity index (χ1n) is 9.16. The fraction of sp³-hybridized carbons (Fsp3) is 0.429. The standard InChI is InChI=1S/C21H26BrCl2NO3/c1-14(2)27-8-4-7-25-12-16-9-20(26-3)21(11-18(16)22)28-13-15-5-6-17(23)10-19(15)24/h5-6,9-11,14,25H,4,7-8,12-13H2,1-3H3. The van der Waals surface area contributed by atoms with E-state index < -0.39 is 0 Å². The zero-order valence-corrected chi connectivity index (χ0v) is 19.5. The monoisotopic (exact) mass is 489 g/mol. The molecule has 0 aliphatic carbocycles. The first kappa shape index (κ1) is 23.3. The number of rotatable bonds is 11. The van der Waals surface area contributed by atoms with Gasteiger partial charge in [0.2, 0.25) is 0 Å². The Labute approximate surface area is 185 Å². The number of ether oxygens (including phenoxy) is 3. The molecule has 0 atom stereocenters. The second kappa shape index (κ2) is 11.9. The van der Waals surface area contributed by atoms with Crippen LogP contribution in [0.4, 0.5) is 0 Å². The summed E-state index contributed by atoms with van der Waals surface area (Å²) >= 11 is 15.8. The molecule has 0 heterocycles. The normalized spacial score (nSPS) is 11.1. The Balaban J connectivity index is 1.94. The van der Waals surface area contributed by atoms with Gasteiger partial charge in [-0.15, -0.1) is 0 Å². The molecular formula is C21H26BrCl2NO3. The highest BCUT2D eigenvalue weighted by Crippen LogP contribution is 2.34. The number of hydrogen-bond acceptors (Lipinski definition) is 4. The number of hydrogen-bond donors (Lipinski definition) is 1. The second-order valence-corrected chi connectivity index (χ2v) is 8.27. The maximum Gasteiger partial charge on any atom is 0.162 e. The van der Waals surface area contributed by atoms with E-state index in [1.54, 1.807) is 19.2 Å². The molecule has 0 saturated carbocycles. The first-order chi connectivity index (χ1) is 13.4.